The minimum Gasteiger partial charge on any atom is -0.390 e. The molecule has 2 N–H and O–H groups in total. The van der Waals surface area contributed by atoms with Crippen molar-refractivity contribution in [3.05, 3.63) is 58.3 Å². The zero-order chi connectivity index (χ0) is 23.6. The summed E-state index contributed by atoms with van der Waals surface area (Å²) in [5.74, 6) is -0.429. The molecule has 2 aromatic carbocycles. The zero-order valence-electron chi connectivity index (χ0n) is 18.7. The molecule has 1 amide bonds. The lowest BCUT2D eigenvalue weighted by molar-refractivity contribution is -0.384. The van der Waals surface area contributed by atoms with Gasteiger partial charge in [-0.3, -0.25) is 19.6 Å². The number of benzene rings is 2. The molecular formula is C23H27N5O5. The van der Waals surface area contributed by atoms with Gasteiger partial charge in [0.15, 0.2) is 0 Å². The van der Waals surface area contributed by atoms with Crippen LogP contribution >= 0.6 is 0 Å². The summed E-state index contributed by atoms with van der Waals surface area (Å²) in [5, 5.41) is 29.5. The molecule has 2 heterocycles. The smallest absolute Gasteiger partial charge is 0.270 e. The molecule has 1 aliphatic rings. The number of aliphatic hydroxyl groups is 1. The first kappa shape index (κ1) is 22.7. The first-order valence-corrected chi connectivity index (χ1v) is 10.8. The van der Waals surface area contributed by atoms with Gasteiger partial charge in [-0.1, -0.05) is 6.07 Å². The van der Waals surface area contributed by atoms with Gasteiger partial charge in [-0.15, -0.1) is 0 Å². The fourth-order valence-corrected chi connectivity index (χ4v) is 3.74. The van der Waals surface area contributed by atoms with Crippen LogP contribution in [0, 0.1) is 10.1 Å². The summed E-state index contributed by atoms with van der Waals surface area (Å²) >= 11 is 0. The Bertz CT molecular complexity index is 1180. The third-order valence-corrected chi connectivity index (χ3v) is 5.54. The molecule has 0 bridgehead atoms. The number of ether oxygens (including phenoxy) is 1. The normalized spacial score (nSPS) is 14.5. The van der Waals surface area contributed by atoms with Gasteiger partial charge in [0, 0.05) is 48.9 Å². The van der Waals surface area contributed by atoms with E-state index in [-0.39, 0.29) is 11.3 Å². The van der Waals surface area contributed by atoms with Crippen molar-refractivity contribution >= 4 is 33.9 Å². The zero-order valence-corrected chi connectivity index (χ0v) is 18.7. The van der Waals surface area contributed by atoms with Crippen LogP contribution in [0.15, 0.2) is 42.6 Å². The summed E-state index contributed by atoms with van der Waals surface area (Å²) in [7, 11) is 0. The topological polar surface area (TPSA) is 123 Å². The number of nitrogens with zero attached hydrogens (tertiary/aromatic N) is 4. The molecule has 10 nitrogen and oxygen atoms in total. The van der Waals surface area contributed by atoms with Gasteiger partial charge in [0.05, 0.1) is 40.6 Å². The number of anilines is 2. The number of hydrogen-bond donors (Lipinski definition) is 2. The summed E-state index contributed by atoms with van der Waals surface area (Å²) in [6.07, 6.45) is 2.43. The van der Waals surface area contributed by atoms with Gasteiger partial charge >= 0.3 is 0 Å². The van der Waals surface area contributed by atoms with E-state index in [2.05, 4.69) is 15.3 Å². The van der Waals surface area contributed by atoms with Crippen LogP contribution in [0.2, 0.25) is 0 Å². The molecule has 1 aliphatic heterocycles. The Labute approximate surface area is 190 Å². The van der Waals surface area contributed by atoms with E-state index in [1.165, 1.54) is 18.2 Å². The Morgan fingerprint density at radius 2 is 2.03 bits per heavy atom. The van der Waals surface area contributed by atoms with Crippen LogP contribution in [-0.4, -0.2) is 57.6 Å². The SMILES string of the molecule is CC(C)(O)CCn1cc2cc(NC(=O)c3cccc([N+](=O)[O-])c3)c(N3CCOCC3)cc2n1. The number of nitrogens with one attached hydrogen (secondary N) is 1. The molecule has 1 saturated heterocycles. The molecule has 33 heavy (non-hydrogen) atoms. The number of rotatable bonds is 7. The van der Waals surface area contributed by atoms with E-state index < -0.39 is 16.4 Å². The van der Waals surface area contributed by atoms with E-state index in [1.807, 2.05) is 18.3 Å². The Kier molecular flexibility index (Phi) is 6.30. The quantitative estimate of drug-likeness (QED) is 0.416. The number of morpholine rings is 1. The second-order valence-corrected chi connectivity index (χ2v) is 8.74. The first-order valence-electron chi connectivity index (χ1n) is 10.8. The highest BCUT2D eigenvalue weighted by Crippen LogP contribution is 2.32. The van der Waals surface area contributed by atoms with E-state index in [0.717, 1.165) is 16.6 Å². The van der Waals surface area contributed by atoms with Crippen LogP contribution in [0.3, 0.4) is 0 Å². The molecular weight excluding hydrogens is 426 g/mol. The molecule has 0 spiro atoms. The number of nitro groups is 1. The molecule has 10 heteroatoms. The fraction of sp³-hybridized carbons (Fsp3) is 0.391. The summed E-state index contributed by atoms with van der Waals surface area (Å²) in [4.78, 5) is 25.6. The van der Waals surface area contributed by atoms with Crippen LogP contribution in [0.4, 0.5) is 17.1 Å². The number of aryl methyl sites for hydroxylation is 1. The summed E-state index contributed by atoms with van der Waals surface area (Å²) in [6, 6.07) is 9.45. The van der Waals surface area contributed by atoms with Gasteiger partial charge in [-0.25, -0.2) is 0 Å². The minimum atomic E-state index is -0.797. The number of amides is 1. The monoisotopic (exact) mass is 453 g/mol. The number of nitro benzene ring substituents is 1. The molecule has 1 fully saturated rings. The van der Waals surface area contributed by atoms with E-state index >= 15 is 0 Å². The maximum atomic E-state index is 13.0. The summed E-state index contributed by atoms with van der Waals surface area (Å²) in [5.41, 5.74) is 1.47. The van der Waals surface area contributed by atoms with Gasteiger partial charge < -0.3 is 20.1 Å². The Hall–Kier alpha value is -3.50. The van der Waals surface area contributed by atoms with Crippen molar-refractivity contribution in [3.63, 3.8) is 0 Å². The maximum Gasteiger partial charge on any atom is 0.270 e. The molecule has 0 atom stereocenters. The Morgan fingerprint density at radius 3 is 2.73 bits per heavy atom. The van der Waals surface area contributed by atoms with E-state index in [0.29, 0.717) is 45.0 Å². The van der Waals surface area contributed by atoms with Crippen molar-refractivity contribution in [2.75, 3.05) is 36.5 Å². The van der Waals surface area contributed by atoms with Crippen molar-refractivity contribution in [1.29, 1.82) is 0 Å². The van der Waals surface area contributed by atoms with Crippen LogP contribution < -0.4 is 10.2 Å². The predicted octanol–water partition coefficient (Wildman–Crippen LogP) is 3.19. The molecule has 0 unspecified atom stereocenters. The van der Waals surface area contributed by atoms with Crippen molar-refractivity contribution < 1.29 is 19.6 Å². The minimum absolute atomic E-state index is 0.139. The molecule has 174 valence electrons. The standard InChI is InChI=1S/C23H27N5O5/c1-23(2,30)6-7-27-15-17-13-20(21(14-19(17)25-27)26-8-10-33-11-9-26)24-22(29)16-4-3-5-18(12-16)28(31)32/h3-5,12-15,30H,6-11H2,1-2H3,(H,24,29). The lowest BCUT2D eigenvalue weighted by Crippen LogP contribution is -2.36. The van der Waals surface area contributed by atoms with Gasteiger partial charge in [0.1, 0.15) is 0 Å². The molecule has 3 aromatic rings. The highest BCUT2D eigenvalue weighted by Gasteiger charge is 2.20. The summed E-state index contributed by atoms with van der Waals surface area (Å²) < 4.78 is 7.26. The first-order chi connectivity index (χ1) is 15.7. The number of hydrogen-bond acceptors (Lipinski definition) is 7. The average Bonchev–Trinajstić information content (AvgIpc) is 3.19. The average molecular weight is 453 g/mol. The van der Waals surface area contributed by atoms with Crippen molar-refractivity contribution in [3.8, 4) is 0 Å². The summed E-state index contributed by atoms with van der Waals surface area (Å²) in [6.45, 7) is 6.57. The van der Waals surface area contributed by atoms with E-state index in [9.17, 15) is 20.0 Å². The molecule has 0 radical (unpaired) electrons. The molecule has 1 aromatic heterocycles. The van der Waals surface area contributed by atoms with Crippen molar-refractivity contribution in [2.45, 2.75) is 32.4 Å². The lowest BCUT2D eigenvalue weighted by Gasteiger charge is -2.30. The van der Waals surface area contributed by atoms with Gasteiger partial charge in [0.25, 0.3) is 11.6 Å². The number of carbonyl (C=O) groups excluding carboxylic acids is 1. The fourth-order valence-electron chi connectivity index (χ4n) is 3.74. The van der Waals surface area contributed by atoms with Crippen LogP contribution in [0.25, 0.3) is 10.9 Å². The predicted molar refractivity (Wildman–Crippen MR) is 125 cm³/mol. The number of aromatic nitrogens is 2. The highest BCUT2D eigenvalue weighted by atomic mass is 16.6. The van der Waals surface area contributed by atoms with Crippen LogP contribution in [0.5, 0.6) is 0 Å². The van der Waals surface area contributed by atoms with E-state index in [1.54, 1.807) is 24.6 Å². The van der Waals surface area contributed by atoms with Gasteiger partial charge in [-0.05, 0) is 38.5 Å². The van der Waals surface area contributed by atoms with Crippen molar-refractivity contribution in [2.24, 2.45) is 0 Å². The molecule has 0 saturated carbocycles. The molecule has 4 rings (SSSR count). The number of carbonyl (C=O) groups is 1. The van der Waals surface area contributed by atoms with Gasteiger partial charge in [0.2, 0.25) is 0 Å². The Balaban J connectivity index is 1.67. The molecule has 0 aliphatic carbocycles. The van der Waals surface area contributed by atoms with Crippen LogP contribution in [0.1, 0.15) is 30.6 Å². The Morgan fingerprint density at radius 1 is 1.27 bits per heavy atom. The third kappa shape index (κ3) is 5.47. The highest BCUT2D eigenvalue weighted by molar-refractivity contribution is 6.07. The third-order valence-electron chi connectivity index (χ3n) is 5.54. The lowest BCUT2D eigenvalue weighted by atomic mass is 10.1. The number of non-ortho nitro benzene ring substituents is 1. The second kappa shape index (κ2) is 9.16. The van der Waals surface area contributed by atoms with Crippen molar-refractivity contribution in [1.82, 2.24) is 9.78 Å². The van der Waals surface area contributed by atoms with E-state index in [4.69, 9.17) is 4.74 Å². The number of fused-ring (bicyclic) bond motifs is 1. The second-order valence-electron chi connectivity index (χ2n) is 8.74. The maximum absolute atomic E-state index is 13.0. The van der Waals surface area contributed by atoms with Crippen LogP contribution in [-0.2, 0) is 11.3 Å². The largest absolute Gasteiger partial charge is 0.390 e. The van der Waals surface area contributed by atoms with Gasteiger partial charge in [-0.2, -0.15) is 5.10 Å².